The van der Waals surface area contributed by atoms with E-state index in [1.807, 2.05) is 63.5 Å². The summed E-state index contributed by atoms with van der Waals surface area (Å²) in [5.41, 5.74) is 2.87. The molecule has 1 aromatic heterocycles. The molecular weight excluding hydrogens is 546 g/mol. The van der Waals surface area contributed by atoms with Crippen LogP contribution in [0.5, 0.6) is 5.75 Å². The van der Waals surface area contributed by atoms with E-state index in [9.17, 15) is 14.7 Å². The van der Waals surface area contributed by atoms with Crippen molar-refractivity contribution in [2.45, 2.75) is 38.3 Å². The summed E-state index contributed by atoms with van der Waals surface area (Å²) in [5.74, 6) is -0.0116. The van der Waals surface area contributed by atoms with Gasteiger partial charge >= 0.3 is 6.16 Å². The average Bonchev–Trinajstić information content (AvgIpc) is 3.16. The molecular formula is C31H36ClN3O6. The molecule has 1 amide bonds. The van der Waals surface area contributed by atoms with Gasteiger partial charge in [0.25, 0.3) is 5.91 Å². The van der Waals surface area contributed by atoms with Crippen molar-refractivity contribution in [2.24, 2.45) is 0 Å². The molecule has 0 spiro atoms. The van der Waals surface area contributed by atoms with Crippen LogP contribution in [0.25, 0.3) is 22.4 Å². The van der Waals surface area contributed by atoms with Crippen molar-refractivity contribution in [1.82, 2.24) is 15.2 Å². The highest BCUT2D eigenvalue weighted by atomic mass is 35.5. The van der Waals surface area contributed by atoms with Crippen LogP contribution in [0.4, 0.5) is 4.79 Å². The standard InChI is InChI=1S/C31H36ClN3O6/c1-21-8-4-5-9-23(21)24-11-13-26(29(36)34-31(41-30(37)38)14-6-17-39-19-15-31)33-28(24)22-10-12-25(32)27(20-22)40-18-7-16-35(2)3/h4-5,8-13,20H,6-7,14-19H2,1-3H3,(H,34,36)(H,37,38). The first kappa shape index (κ1) is 30.3. The Morgan fingerprint density at radius 3 is 2.66 bits per heavy atom. The van der Waals surface area contributed by atoms with Gasteiger partial charge in [-0.1, -0.05) is 41.9 Å². The van der Waals surface area contributed by atoms with Crippen LogP contribution in [0.3, 0.4) is 0 Å². The van der Waals surface area contributed by atoms with Gasteiger partial charge in [0.2, 0.25) is 0 Å². The third-order valence-corrected chi connectivity index (χ3v) is 7.23. The van der Waals surface area contributed by atoms with Gasteiger partial charge < -0.3 is 29.5 Å². The van der Waals surface area contributed by atoms with Gasteiger partial charge in [-0.25, -0.2) is 9.78 Å². The molecule has 1 unspecified atom stereocenters. The minimum Gasteiger partial charge on any atom is -0.492 e. The predicted octanol–water partition coefficient (Wildman–Crippen LogP) is 6.03. The number of hydrogen-bond acceptors (Lipinski definition) is 7. The highest BCUT2D eigenvalue weighted by molar-refractivity contribution is 6.32. The van der Waals surface area contributed by atoms with Gasteiger partial charge in [0.1, 0.15) is 11.4 Å². The van der Waals surface area contributed by atoms with Crippen molar-refractivity contribution >= 4 is 23.7 Å². The minimum atomic E-state index is -1.46. The summed E-state index contributed by atoms with van der Waals surface area (Å²) in [6.45, 7) is 4.12. The van der Waals surface area contributed by atoms with Crippen molar-refractivity contribution in [3.8, 4) is 28.1 Å². The predicted molar refractivity (Wildman–Crippen MR) is 157 cm³/mol. The number of carbonyl (C=O) groups excluding carboxylic acids is 1. The van der Waals surface area contributed by atoms with E-state index in [4.69, 9.17) is 30.8 Å². The lowest BCUT2D eigenvalue weighted by molar-refractivity contribution is -0.0477. The van der Waals surface area contributed by atoms with Crippen LogP contribution in [0.15, 0.2) is 54.6 Å². The number of aryl methyl sites for hydroxylation is 1. The number of halogens is 1. The van der Waals surface area contributed by atoms with Crippen LogP contribution in [-0.4, -0.2) is 73.2 Å². The second-order valence-electron chi connectivity index (χ2n) is 10.3. The molecule has 1 saturated heterocycles. The first-order valence-electron chi connectivity index (χ1n) is 13.6. The van der Waals surface area contributed by atoms with Crippen molar-refractivity contribution < 1.29 is 28.9 Å². The molecule has 1 fully saturated rings. The van der Waals surface area contributed by atoms with E-state index in [-0.39, 0.29) is 18.7 Å². The summed E-state index contributed by atoms with van der Waals surface area (Å²) < 4.78 is 16.7. The molecule has 3 aromatic rings. The molecule has 0 bridgehead atoms. The number of aromatic nitrogens is 1. The van der Waals surface area contributed by atoms with E-state index in [2.05, 4.69) is 10.2 Å². The summed E-state index contributed by atoms with van der Waals surface area (Å²) in [7, 11) is 4.02. The molecule has 4 rings (SSSR count). The molecule has 0 aliphatic carbocycles. The summed E-state index contributed by atoms with van der Waals surface area (Å²) in [6, 6.07) is 16.9. The summed E-state index contributed by atoms with van der Waals surface area (Å²) in [4.78, 5) is 31.9. The first-order valence-corrected chi connectivity index (χ1v) is 14.0. The fourth-order valence-corrected chi connectivity index (χ4v) is 5.01. The molecule has 1 atom stereocenters. The summed E-state index contributed by atoms with van der Waals surface area (Å²) >= 11 is 6.48. The van der Waals surface area contributed by atoms with Gasteiger partial charge in [0.05, 0.1) is 23.9 Å². The molecule has 41 heavy (non-hydrogen) atoms. The van der Waals surface area contributed by atoms with Crippen LogP contribution < -0.4 is 10.1 Å². The van der Waals surface area contributed by atoms with Crippen LogP contribution in [-0.2, 0) is 9.47 Å². The number of nitrogens with zero attached hydrogens (tertiary/aromatic N) is 2. The maximum Gasteiger partial charge on any atom is 0.507 e. The fraction of sp³-hybridized carbons (Fsp3) is 0.387. The number of hydrogen-bond donors (Lipinski definition) is 2. The lowest BCUT2D eigenvalue weighted by Crippen LogP contribution is -2.52. The SMILES string of the molecule is Cc1ccccc1-c1ccc(C(=O)NC2(OC(=O)O)CCCOCC2)nc1-c1ccc(Cl)c(OCCCN(C)C)c1. The van der Waals surface area contributed by atoms with Crippen molar-refractivity contribution in [2.75, 3.05) is 40.5 Å². The van der Waals surface area contributed by atoms with Crippen LogP contribution >= 0.6 is 11.6 Å². The van der Waals surface area contributed by atoms with Crippen LogP contribution in [0, 0.1) is 6.92 Å². The largest absolute Gasteiger partial charge is 0.507 e. The van der Waals surface area contributed by atoms with Gasteiger partial charge in [0.15, 0.2) is 5.72 Å². The second-order valence-corrected chi connectivity index (χ2v) is 10.7. The smallest absolute Gasteiger partial charge is 0.492 e. The number of carboxylic acid groups (broad SMARTS) is 1. The van der Waals surface area contributed by atoms with Crippen molar-refractivity contribution in [3.05, 3.63) is 70.9 Å². The molecule has 218 valence electrons. The molecule has 2 heterocycles. The monoisotopic (exact) mass is 581 g/mol. The van der Waals surface area contributed by atoms with Gasteiger partial charge in [-0.2, -0.15) is 0 Å². The normalized spacial score (nSPS) is 17.1. The maximum absolute atomic E-state index is 13.5. The molecule has 10 heteroatoms. The topological polar surface area (TPSA) is 110 Å². The lowest BCUT2D eigenvalue weighted by atomic mass is 9.95. The van der Waals surface area contributed by atoms with E-state index in [1.165, 1.54) is 0 Å². The zero-order chi connectivity index (χ0) is 29.4. The number of ether oxygens (including phenoxy) is 3. The van der Waals surface area contributed by atoms with Gasteiger partial charge in [0, 0.05) is 37.1 Å². The molecule has 2 aromatic carbocycles. The summed E-state index contributed by atoms with van der Waals surface area (Å²) in [6.07, 6.45) is 0.410. The van der Waals surface area contributed by atoms with E-state index in [1.54, 1.807) is 12.1 Å². The number of benzene rings is 2. The van der Waals surface area contributed by atoms with Crippen LogP contribution in [0.2, 0.25) is 5.02 Å². The zero-order valence-electron chi connectivity index (χ0n) is 23.6. The van der Waals surface area contributed by atoms with E-state index in [0.717, 1.165) is 35.2 Å². The Bertz CT molecular complexity index is 1370. The molecule has 1 aliphatic heterocycles. The quantitative estimate of drug-likeness (QED) is 0.170. The fourth-order valence-electron chi connectivity index (χ4n) is 4.84. The Kier molecular flexibility index (Phi) is 10.2. The van der Waals surface area contributed by atoms with Crippen molar-refractivity contribution in [1.29, 1.82) is 0 Å². The zero-order valence-corrected chi connectivity index (χ0v) is 24.4. The molecule has 1 aliphatic rings. The number of rotatable bonds is 10. The van der Waals surface area contributed by atoms with Gasteiger partial charge in [-0.15, -0.1) is 0 Å². The second kappa shape index (κ2) is 13.8. The van der Waals surface area contributed by atoms with Gasteiger partial charge in [-0.05, 0) is 69.3 Å². The van der Waals surface area contributed by atoms with Crippen LogP contribution in [0.1, 0.15) is 41.7 Å². The Morgan fingerprint density at radius 1 is 1.10 bits per heavy atom. The number of carbonyl (C=O) groups is 2. The van der Waals surface area contributed by atoms with E-state index in [0.29, 0.717) is 42.5 Å². The molecule has 0 radical (unpaired) electrons. The highest BCUT2D eigenvalue weighted by Gasteiger charge is 2.38. The molecule has 0 saturated carbocycles. The number of nitrogens with one attached hydrogen (secondary N) is 1. The molecule has 9 nitrogen and oxygen atoms in total. The first-order chi connectivity index (χ1) is 19.7. The Labute approximate surface area is 245 Å². The Hall–Kier alpha value is -3.66. The highest BCUT2D eigenvalue weighted by Crippen LogP contribution is 2.36. The summed E-state index contributed by atoms with van der Waals surface area (Å²) in [5, 5.41) is 12.7. The molecule has 2 N–H and O–H groups in total. The maximum atomic E-state index is 13.5. The third kappa shape index (κ3) is 7.97. The van der Waals surface area contributed by atoms with Gasteiger partial charge in [-0.3, -0.25) is 4.79 Å². The number of pyridine rings is 1. The third-order valence-electron chi connectivity index (χ3n) is 6.92. The Morgan fingerprint density at radius 2 is 1.90 bits per heavy atom. The van der Waals surface area contributed by atoms with Crippen molar-refractivity contribution in [3.63, 3.8) is 0 Å². The van der Waals surface area contributed by atoms with E-state index < -0.39 is 17.8 Å². The number of amides is 1. The Balaban J connectivity index is 1.72. The average molecular weight is 582 g/mol. The minimum absolute atomic E-state index is 0.124. The van der Waals surface area contributed by atoms with E-state index >= 15 is 0 Å². The lowest BCUT2D eigenvalue weighted by Gasteiger charge is -2.31.